The first-order chi connectivity index (χ1) is 6.77. The van der Waals surface area contributed by atoms with Crippen LogP contribution in [0.25, 0.3) is 11.2 Å². The van der Waals surface area contributed by atoms with Crippen molar-refractivity contribution in [2.75, 3.05) is 0 Å². The minimum absolute atomic E-state index is 0.0660. The molecule has 2 rings (SSSR count). The predicted octanol–water partition coefficient (Wildman–Crippen LogP) is 0.0154. The number of imidazole rings is 1. The standard InChI is InChI=1S/C7H6N6S/c8-7(14)9-1-4-5-6(12-2-10-4)13-3-11-5/h1-3H,(H2,8,14)(H,10,11,12,13)/b9-1+. The van der Waals surface area contributed by atoms with Crippen molar-refractivity contribution in [2.24, 2.45) is 10.7 Å². The van der Waals surface area contributed by atoms with Crippen molar-refractivity contribution in [3.05, 3.63) is 18.3 Å². The summed E-state index contributed by atoms with van der Waals surface area (Å²) in [5, 5.41) is 0.0660. The summed E-state index contributed by atoms with van der Waals surface area (Å²) in [6.45, 7) is 0. The first kappa shape index (κ1) is 8.70. The van der Waals surface area contributed by atoms with Crippen LogP contribution < -0.4 is 5.73 Å². The second-order valence-electron chi connectivity index (χ2n) is 2.46. The fraction of sp³-hybridized carbons (Fsp3) is 0. The molecule has 14 heavy (non-hydrogen) atoms. The van der Waals surface area contributed by atoms with Crippen LogP contribution in [-0.2, 0) is 0 Å². The highest BCUT2D eigenvalue weighted by molar-refractivity contribution is 7.80. The van der Waals surface area contributed by atoms with Gasteiger partial charge in [0.2, 0.25) is 0 Å². The van der Waals surface area contributed by atoms with Crippen molar-refractivity contribution in [3.63, 3.8) is 0 Å². The molecule has 0 unspecified atom stereocenters. The quantitative estimate of drug-likeness (QED) is 0.506. The molecule has 0 aliphatic rings. The highest BCUT2D eigenvalue weighted by atomic mass is 32.1. The number of H-pyrrole nitrogens is 1. The van der Waals surface area contributed by atoms with E-state index in [0.717, 1.165) is 0 Å². The number of aromatic amines is 1. The molecule has 0 fully saturated rings. The van der Waals surface area contributed by atoms with Gasteiger partial charge in [-0.2, -0.15) is 0 Å². The lowest BCUT2D eigenvalue weighted by molar-refractivity contribution is 1.19. The maximum absolute atomic E-state index is 5.22. The largest absolute Gasteiger partial charge is 0.374 e. The minimum atomic E-state index is 0.0660. The Labute approximate surface area is 84.3 Å². The van der Waals surface area contributed by atoms with Gasteiger partial charge in [-0.05, 0) is 12.2 Å². The number of aromatic nitrogens is 4. The lowest BCUT2D eigenvalue weighted by Gasteiger charge is -1.92. The summed E-state index contributed by atoms with van der Waals surface area (Å²) in [5.41, 5.74) is 7.14. The Morgan fingerprint density at radius 1 is 1.50 bits per heavy atom. The number of nitrogens with zero attached hydrogens (tertiary/aromatic N) is 4. The third-order valence-electron chi connectivity index (χ3n) is 1.57. The first-order valence-corrected chi connectivity index (χ1v) is 4.16. The van der Waals surface area contributed by atoms with Crippen molar-refractivity contribution >= 4 is 34.7 Å². The molecule has 2 heterocycles. The van der Waals surface area contributed by atoms with Crippen molar-refractivity contribution in [1.82, 2.24) is 19.9 Å². The maximum atomic E-state index is 5.22. The van der Waals surface area contributed by atoms with Crippen LogP contribution in [0.15, 0.2) is 17.6 Å². The number of rotatable bonds is 1. The Kier molecular flexibility index (Phi) is 2.15. The van der Waals surface area contributed by atoms with E-state index in [1.165, 1.54) is 18.9 Å². The summed E-state index contributed by atoms with van der Waals surface area (Å²) in [4.78, 5) is 18.6. The molecule has 0 bridgehead atoms. The first-order valence-electron chi connectivity index (χ1n) is 3.75. The fourth-order valence-corrected chi connectivity index (χ4v) is 1.06. The van der Waals surface area contributed by atoms with Crippen molar-refractivity contribution in [3.8, 4) is 0 Å². The number of hydrogen-bond donors (Lipinski definition) is 2. The van der Waals surface area contributed by atoms with Gasteiger partial charge in [0.05, 0.1) is 12.5 Å². The fourth-order valence-electron chi connectivity index (χ4n) is 1.01. The van der Waals surface area contributed by atoms with Crippen molar-refractivity contribution in [1.29, 1.82) is 0 Å². The lowest BCUT2D eigenvalue weighted by Crippen LogP contribution is -2.04. The molecule has 3 N–H and O–H groups in total. The van der Waals surface area contributed by atoms with E-state index in [2.05, 4.69) is 37.1 Å². The summed E-state index contributed by atoms with van der Waals surface area (Å²) in [7, 11) is 0. The molecule has 0 saturated carbocycles. The SMILES string of the molecule is NC(=S)/N=C/c1ncnc2nc[nH]c12. The van der Waals surface area contributed by atoms with E-state index in [-0.39, 0.29) is 5.11 Å². The van der Waals surface area contributed by atoms with E-state index in [0.29, 0.717) is 16.9 Å². The molecule has 0 aromatic carbocycles. The summed E-state index contributed by atoms with van der Waals surface area (Å²) < 4.78 is 0. The zero-order chi connectivity index (χ0) is 9.97. The Hall–Kier alpha value is -1.89. The number of thiocarbonyl (C=S) groups is 1. The third kappa shape index (κ3) is 1.57. The average Bonchev–Trinajstić information content (AvgIpc) is 2.62. The molecule has 0 spiro atoms. The zero-order valence-corrected chi connectivity index (χ0v) is 7.82. The van der Waals surface area contributed by atoms with E-state index < -0.39 is 0 Å². The number of nitrogens with one attached hydrogen (secondary N) is 1. The van der Waals surface area contributed by atoms with Gasteiger partial charge < -0.3 is 10.7 Å². The van der Waals surface area contributed by atoms with Crippen LogP contribution in [0.2, 0.25) is 0 Å². The van der Waals surface area contributed by atoms with Crippen LogP contribution in [0.3, 0.4) is 0 Å². The Morgan fingerprint density at radius 2 is 2.36 bits per heavy atom. The highest BCUT2D eigenvalue weighted by Crippen LogP contribution is 2.06. The van der Waals surface area contributed by atoms with E-state index in [4.69, 9.17) is 5.73 Å². The third-order valence-corrected chi connectivity index (χ3v) is 1.67. The minimum Gasteiger partial charge on any atom is -0.374 e. The summed E-state index contributed by atoms with van der Waals surface area (Å²) in [5.74, 6) is 0. The van der Waals surface area contributed by atoms with E-state index >= 15 is 0 Å². The Balaban J connectivity index is 2.51. The molecule has 6 nitrogen and oxygen atoms in total. The van der Waals surface area contributed by atoms with Gasteiger partial charge in [0, 0.05) is 0 Å². The molecule has 70 valence electrons. The number of fused-ring (bicyclic) bond motifs is 1. The van der Waals surface area contributed by atoms with E-state index in [9.17, 15) is 0 Å². The average molecular weight is 206 g/mol. The number of nitrogens with two attached hydrogens (primary N) is 1. The molecule has 0 aliphatic heterocycles. The molecule has 0 amide bonds. The molecule has 2 aromatic heterocycles. The zero-order valence-electron chi connectivity index (χ0n) is 7.01. The summed E-state index contributed by atoms with van der Waals surface area (Å²) in [6, 6.07) is 0. The van der Waals surface area contributed by atoms with Gasteiger partial charge in [0.15, 0.2) is 10.8 Å². The monoisotopic (exact) mass is 206 g/mol. The molecule has 0 saturated heterocycles. The number of hydrogen-bond acceptors (Lipinski definition) is 4. The molecule has 0 aliphatic carbocycles. The summed E-state index contributed by atoms with van der Waals surface area (Å²) in [6.07, 6.45) is 4.42. The molecule has 7 heteroatoms. The molecular formula is C7H6N6S. The van der Waals surface area contributed by atoms with Gasteiger partial charge in [0.25, 0.3) is 0 Å². The smallest absolute Gasteiger partial charge is 0.190 e. The predicted molar refractivity (Wildman–Crippen MR) is 56.1 cm³/mol. The van der Waals surface area contributed by atoms with E-state index in [1.54, 1.807) is 0 Å². The Morgan fingerprint density at radius 3 is 3.14 bits per heavy atom. The lowest BCUT2D eigenvalue weighted by atomic mass is 10.4. The van der Waals surface area contributed by atoms with Gasteiger partial charge in [-0.3, -0.25) is 0 Å². The van der Waals surface area contributed by atoms with Crippen molar-refractivity contribution < 1.29 is 0 Å². The van der Waals surface area contributed by atoms with Gasteiger partial charge >= 0.3 is 0 Å². The second-order valence-corrected chi connectivity index (χ2v) is 2.87. The van der Waals surface area contributed by atoms with Gasteiger partial charge in [-0.15, -0.1) is 0 Å². The Bertz CT molecular complexity index is 502. The topological polar surface area (TPSA) is 92.8 Å². The second kappa shape index (κ2) is 3.46. The number of aliphatic imine (C=N–C) groups is 1. The molecule has 2 aromatic rings. The molecule has 0 radical (unpaired) electrons. The van der Waals surface area contributed by atoms with Gasteiger partial charge in [0.1, 0.15) is 17.5 Å². The van der Waals surface area contributed by atoms with Gasteiger partial charge in [-0.25, -0.2) is 19.9 Å². The van der Waals surface area contributed by atoms with Crippen LogP contribution in [0.5, 0.6) is 0 Å². The molecular weight excluding hydrogens is 200 g/mol. The summed E-state index contributed by atoms with van der Waals surface area (Å²) >= 11 is 4.61. The van der Waals surface area contributed by atoms with Crippen LogP contribution in [0.1, 0.15) is 5.69 Å². The van der Waals surface area contributed by atoms with Crippen molar-refractivity contribution in [2.45, 2.75) is 0 Å². The van der Waals surface area contributed by atoms with Crippen LogP contribution in [0, 0.1) is 0 Å². The van der Waals surface area contributed by atoms with E-state index in [1.807, 2.05) is 0 Å². The highest BCUT2D eigenvalue weighted by Gasteiger charge is 2.02. The van der Waals surface area contributed by atoms with Crippen LogP contribution >= 0.6 is 12.2 Å². The normalized spacial score (nSPS) is 11.1. The molecule has 0 atom stereocenters. The maximum Gasteiger partial charge on any atom is 0.190 e. The van der Waals surface area contributed by atoms with Crippen LogP contribution in [0.4, 0.5) is 0 Å². The van der Waals surface area contributed by atoms with Crippen LogP contribution in [-0.4, -0.2) is 31.3 Å². The van der Waals surface area contributed by atoms with Gasteiger partial charge in [-0.1, -0.05) is 0 Å².